The van der Waals surface area contributed by atoms with Crippen molar-refractivity contribution in [3.05, 3.63) is 33.3 Å². The summed E-state index contributed by atoms with van der Waals surface area (Å²) in [4.78, 5) is 0. The molecule has 0 aromatic heterocycles. The van der Waals surface area contributed by atoms with Crippen LogP contribution in [0, 0.1) is 44.6 Å². The summed E-state index contributed by atoms with van der Waals surface area (Å²) < 4.78 is 76.5. The number of hydrogen-bond donors (Lipinski definition) is 0. The van der Waals surface area contributed by atoms with Crippen molar-refractivity contribution in [3.63, 3.8) is 0 Å². The van der Waals surface area contributed by atoms with Crippen LogP contribution in [-0.2, 0) is 43.7 Å². The number of halogens is 4. The van der Waals surface area contributed by atoms with Gasteiger partial charge in [-0.15, -0.1) is 0 Å². The van der Waals surface area contributed by atoms with Crippen molar-refractivity contribution in [2.45, 2.75) is 6.92 Å². The molecule has 0 unspecified atom stereocenters. The molecule has 0 atom stereocenters. The second kappa shape index (κ2) is 128. The van der Waals surface area contributed by atoms with Gasteiger partial charge in [0.15, 0.2) is 0 Å². The normalized spacial score (nSPS) is 4.11. The van der Waals surface area contributed by atoms with Crippen molar-refractivity contribution in [1.82, 2.24) is 0 Å². The molecule has 0 aromatic rings. The third-order valence-corrected chi connectivity index (χ3v) is 0. The van der Waals surface area contributed by atoms with Crippen LogP contribution in [0.15, 0.2) is 0 Å². The molecule has 0 amide bonds. The summed E-state index contributed by atoms with van der Waals surface area (Å²) in [6, 6.07) is 1.75. The minimum absolute atomic E-state index is 0. The minimum atomic E-state index is -6.00. The molecule has 0 bridgehead atoms. The summed E-state index contributed by atoms with van der Waals surface area (Å²) in [5.41, 5.74) is 0. The molecule has 0 aliphatic carbocycles. The predicted molar refractivity (Wildman–Crippen MR) is 41.1 cm³/mol. The van der Waals surface area contributed by atoms with Gasteiger partial charge in [0.1, 0.15) is 0 Å². The van der Waals surface area contributed by atoms with Gasteiger partial charge in [0.2, 0.25) is 0 Å². The molecule has 0 aliphatic rings. The van der Waals surface area contributed by atoms with Gasteiger partial charge < -0.3 is 17.3 Å². The molecule has 6 nitrogen and oxygen atoms in total. The Labute approximate surface area is 120 Å². The van der Waals surface area contributed by atoms with Crippen LogP contribution >= 0.6 is 0 Å². The summed E-state index contributed by atoms with van der Waals surface area (Å²) in [6.45, 7) is 23.9. The van der Waals surface area contributed by atoms with E-state index in [-0.39, 0.29) is 20.4 Å². The van der Waals surface area contributed by atoms with Crippen molar-refractivity contribution in [3.8, 4) is 6.07 Å². The molecule has 0 saturated heterocycles. The molecule has 0 heterocycles. The Morgan fingerprint density at radius 3 is 0.737 bits per heavy atom. The molecule has 105 valence electrons. The quantitative estimate of drug-likeness (QED) is 0.235. The van der Waals surface area contributed by atoms with E-state index in [4.69, 9.17) is 28.5 Å². The molecule has 12 heteroatoms. The van der Waals surface area contributed by atoms with Crippen LogP contribution in [0.4, 0.5) is 17.3 Å². The zero-order valence-corrected chi connectivity index (χ0v) is 11.7. The van der Waals surface area contributed by atoms with E-state index < -0.39 is 7.25 Å². The monoisotopic (exact) mass is 455 g/mol. The molecule has 0 spiro atoms. The zero-order chi connectivity index (χ0) is 17.2. The van der Waals surface area contributed by atoms with Crippen LogP contribution in [-0.4, -0.2) is 7.25 Å². The van der Waals surface area contributed by atoms with E-state index in [0.717, 1.165) is 0 Å². The molecule has 0 rings (SSSR count). The standard InChI is InChI=1S/C2H3N.5CO.BF4.Re/c1-2-3;5*1-2;2-1(3,4)5;/h1H3;;;;;;;/q;;;;;;-1;. The van der Waals surface area contributed by atoms with Crippen LogP contribution in [0.2, 0.25) is 0 Å². The first kappa shape index (κ1) is 52.6. The smallest absolute Gasteiger partial charge is 0 e. The molecule has 0 aromatic carbocycles. The summed E-state index contributed by atoms with van der Waals surface area (Å²) in [5, 5.41) is 7.32. The average molecular weight is 454 g/mol. The Morgan fingerprint density at radius 2 is 0.737 bits per heavy atom. The van der Waals surface area contributed by atoms with Crippen LogP contribution in [0.1, 0.15) is 6.92 Å². The van der Waals surface area contributed by atoms with Crippen molar-refractivity contribution in [2.24, 2.45) is 0 Å². The predicted octanol–water partition coefficient (Wildman–Crippen LogP) is 1.64. The van der Waals surface area contributed by atoms with Gasteiger partial charge in [-0.3, -0.25) is 0 Å². The molecule has 0 aliphatic heterocycles. The minimum Gasteiger partial charge on any atom is 0 e. The van der Waals surface area contributed by atoms with E-state index in [9.17, 15) is 17.3 Å². The molecule has 0 saturated carbocycles. The number of nitriles is 1. The molecule has 19 heavy (non-hydrogen) atoms. The summed E-state index contributed by atoms with van der Waals surface area (Å²) >= 11 is 0. The first-order valence-electron chi connectivity index (χ1n) is 2.62. The fraction of sp³-hybridized carbons (Fsp3) is 0.143. The van der Waals surface area contributed by atoms with Gasteiger partial charge in [-0.05, 0) is 0 Å². The number of nitrogens with zero attached hydrogens (tertiary/aromatic N) is 1. The summed E-state index contributed by atoms with van der Waals surface area (Å²) in [5.74, 6) is 0. The fourth-order valence-electron chi connectivity index (χ4n) is 0. The van der Waals surface area contributed by atoms with Gasteiger partial charge in [-0.2, -0.15) is 5.26 Å². The Hall–Kier alpha value is -1.36. The maximum Gasteiger partial charge on any atom is 0 e. The molecule has 1 radical (unpaired) electrons. The largest absolute Gasteiger partial charge is 0 e. The Kier molecular flexibility index (Phi) is 354. The van der Waals surface area contributed by atoms with E-state index in [0.29, 0.717) is 0 Å². The maximum atomic E-state index is 9.75. The summed E-state index contributed by atoms with van der Waals surface area (Å²) in [6.07, 6.45) is 0. The Bertz CT molecular complexity index is 215. The topological polar surface area (TPSA) is 123 Å². The number of hydrogen-bond acceptors (Lipinski definition) is 1. The van der Waals surface area contributed by atoms with Gasteiger partial charge in [0.05, 0.1) is 6.07 Å². The second-order valence-corrected chi connectivity index (χ2v) is 0.718. The van der Waals surface area contributed by atoms with Crippen LogP contribution in [0.5, 0.6) is 0 Å². The second-order valence-electron chi connectivity index (χ2n) is 0.718. The molecule has 0 fully saturated rings. The number of rotatable bonds is 0. The zero-order valence-electron chi connectivity index (χ0n) is 8.96. The SMILES string of the molecule is CC#N.F[B-](F)(F)F.[C-]#[O+].[C-]#[O+].[C-]#[O+].[C-]#[O+].[C-]#[O+].[Re]. The van der Waals surface area contributed by atoms with E-state index in [1.54, 1.807) is 6.07 Å². The Morgan fingerprint density at radius 1 is 0.737 bits per heavy atom. The third kappa shape index (κ3) is 1920. The van der Waals surface area contributed by atoms with Crippen LogP contribution in [0.25, 0.3) is 0 Å². The van der Waals surface area contributed by atoms with Gasteiger partial charge in [0, 0.05) is 27.3 Å². The van der Waals surface area contributed by atoms with Crippen molar-refractivity contribution in [1.29, 1.82) is 5.26 Å². The van der Waals surface area contributed by atoms with Gasteiger partial charge in [-0.1, -0.05) is 0 Å². The van der Waals surface area contributed by atoms with Crippen LogP contribution < -0.4 is 0 Å². The van der Waals surface area contributed by atoms with E-state index in [1.165, 1.54) is 6.92 Å². The first-order chi connectivity index (χ1) is 8.41. The average Bonchev–Trinajstić information content (AvgIpc) is 2.40. The van der Waals surface area contributed by atoms with Gasteiger partial charge in [-0.25, -0.2) is 0 Å². The van der Waals surface area contributed by atoms with E-state index >= 15 is 0 Å². The van der Waals surface area contributed by atoms with Crippen LogP contribution in [0.3, 0.4) is 0 Å². The Balaban J connectivity index is -0.0000000129. The molecular formula is C7H3BF4NO5Re-. The molecular weight excluding hydrogens is 451 g/mol. The van der Waals surface area contributed by atoms with Crippen molar-refractivity contribution in [2.75, 3.05) is 0 Å². The first-order valence-corrected chi connectivity index (χ1v) is 2.62. The third-order valence-electron chi connectivity index (χ3n) is 0. The summed E-state index contributed by atoms with van der Waals surface area (Å²) in [7, 11) is -6.00. The van der Waals surface area contributed by atoms with Gasteiger partial charge >= 0.3 is 63.8 Å². The van der Waals surface area contributed by atoms with E-state index in [2.05, 4.69) is 33.3 Å². The molecule has 0 N–H and O–H groups in total. The van der Waals surface area contributed by atoms with Crippen molar-refractivity contribution < 1.29 is 60.9 Å². The van der Waals surface area contributed by atoms with Crippen molar-refractivity contribution >= 4 is 7.25 Å². The van der Waals surface area contributed by atoms with E-state index in [1.807, 2.05) is 0 Å². The van der Waals surface area contributed by atoms with Gasteiger partial charge in [0.25, 0.3) is 0 Å². The maximum absolute atomic E-state index is 9.75. The fourth-order valence-corrected chi connectivity index (χ4v) is 0.